The lowest BCUT2D eigenvalue weighted by atomic mass is 9.92. The Labute approximate surface area is 92.2 Å². The van der Waals surface area contributed by atoms with Gasteiger partial charge >= 0.3 is 0 Å². The SMILES string of the molecule is CC1CCC(C)N(C(=O)CC2CNC2)C1. The van der Waals surface area contributed by atoms with Crippen LogP contribution in [-0.2, 0) is 4.79 Å². The molecule has 0 aromatic rings. The average molecular weight is 210 g/mol. The maximum atomic E-state index is 12.1. The highest BCUT2D eigenvalue weighted by atomic mass is 16.2. The Kier molecular flexibility index (Phi) is 3.29. The fraction of sp³-hybridized carbons (Fsp3) is 0.917. The van der Waals surface area contributed by atoms with Gasteiger partial charge in [0, 0.05) is 19.0 Å². The molecular weight excluding hydrogens is 188 g/mol. The first kappa shape index (κ1) is 10.9. The summed E-state index contributed by atoms with van der Waals surface area (Å²) in [6, 6.07) is 0.460. The lowest BCUT2D eigenvalue weighted by Gasteiger charge is -2.38. The molecule has 86 valence electrons. The zero-order valence-electron chi connectivity index (χ0n) is 9.83. The number of carbonyl (C=O) groups is 1. The molecule has 0 aromatic carbocycles. The molecule has 15 heavy (non-hydrogen) atoms. The van der Waals surface area contributed by atoms with Crippen molar-refractivity contribution < 1.29 is 4.79 Å². The molecule has 1 N–H and O–H groups in total. The van der Waals surface area contributed by atoms with Gasteiger partial charge in [0.1, 0.15) is 0 Å². The Morgan fingerprint density at radius 3 is 2.67 bits per heavy atom. The van der Waals surface area contributed by atoms with E-state index in [4.69, 9.17) is 0 Å². The summed E-state index contributed by atoms with van der Waals surface area (Å²) in [5.41, 5.74) is 0. The number of rotatable bonds is 2. The summed E-state index contributed by atoms with van der Waals surface area (Å²) >= 11 is 0. The van der Waals surface area contributed by atoms with Gasteiger partial charge < -0.3 is 10.2 Å². The standard InChI is InChI=1S/C12H22N2O/c1-9-3-4-10(2)14(8-9)12(15)5-11-6-13-7-11/h9-11,13H,3-8H2,1-2H3. The third kappa shape index (κ3) is 2.51. The van der Waals surface area contributed by atoms with Crippen molar-refractivity contribution >= 4 is 5.91 Å². The van der Waals surface area contributed by atoms with Gasteiger partial charge in [0.25, 0.3) is 0 Å². The van der Waals surface area contributed by atoms with E-state index in [2.05, 4.69) is 24.1 Å². The molecule has 0 spiro atoms. The maximum Gasteiger partial charge on any atom is 0.223 e. The van der Waals surface area contributed by atoms with E-state index in [9.17, 15) is 4.79 Å². The van der Waals surface area contributed by atoms with Crippen molar-refractivity contribution in [3.05, 3.63) is 0 Å². The largest absolute Gasteiger partial charge is 0.340 e. The molecule has 3 heteroatoms. The number of hydrogen-bond donors (Lipinski definition) is 1. The van der Waals surface area contributed by atoms with Gasteiger partial charge in [0.05, 0.1) is 0 Å². The molecule has 0 radical (unpaired) electrons. The summed E-state index contributed by atoms with van der Waals surface area (Å²) in [5.74, 6) is 1.66. The number of likely N-dealkylation sites (tertiary alicyclic amines) is 1. The Bertz CT molecular complexity index is 238. The fourth-order valence-corrected chi connectivity index (χ4v) is 2.49. The minimum atomic E-state index is 0.376. The molecule has 2 atom stereocenters. The lowest BCUT2D eigenvalue weighted by molar-refractivity contribution is -0.136. The van der Waals surface area contributed by atoms with E-state index in [1.807, 2.05) is 0 Å². The van der Waals surface area contributed by atoms with Crippen LogP contribution in [0.3, 0.4) is 0 Å². The highest BCUT2D eigenvalue weighted by molar-refractivity contribution is 5.77. The zero-order valence-corrected chi connectivity index (χ0v) is 9.83. The van der Waals surface area contributed by atoms with Crippen LogP contribution < -0.4 is 5.32 Å². The monoisotopic (exact) mass is 210 g/mol. The Morgan fingerprint density at radius 1 is 1.33 bits per heavy atom. The minimum absolute atomic E-state index is 0.376. The first-order chi connectivity index (χ1) is 7.16. The number of hydrogen-bond acceptors (Lipinski definition) is 2. The third-order valence-corrected chi connectivity index (χ3v) is 3.77. The quantitative estimate of drug-likeness (QED) is 0.744. The van der Waals surface area contributed by atoms with E-state index in [-0.39, 0.29) is 0 Å². The topological polar surface area (TPSA) is 32.3 Å². The van der Waals surface area contributed by atoms with Crippen LogP contribution >= 0.6 is 0 Å². The molecule has 2 fully saturated rings. The minimum Gasteiger partial charge on any atom is -0.340 e. The molecule has 0 aliphatic carbocycles. The molecule has 3 nitrogen and oxygen atoms in total. The molecule has 1 amide bonds. The second-order valence-electron chi connectivity index (χ2n) is 5.31. The maximum absolute atomic E-state index is 12.1. The van der Waals surface area contributed by atoms with Crippen LogP contribution in [0.15, 0.2) is 0 Å². The molecule has 0 bridgehead atoms. The van der Waals surface area contributed by atoms with E-state index < -0.39 is 0 Å². The van der Waals surface area contributed by atoms with Crippen molar-refractivity contribution in [2.24, 2.45) is 11.8 Å². The van der Waals surface area contributed by atoms with Crippen LogP contribution in [0.25, 0.3) is 0 Å². The number of amides is 1. The first-order valence-corrected chi connectivity index (χ1v) is 6.17. The second kappa shape index (κ2) is 4.52. The van der Waals surface area contributed by atoms with E-state index in [0.717, 1.165) is 26.1 Å². The van der Waals surface area contributed by atoms with Gasteiger partial charge in [0.15, 0.2) is 0 Å². The van der Waals surface area contributed by atoms with Gasteiger partial charge in [-0.3, -0.25) is 4.79 Å². The number of nitrogens with zero attached hydrogens (tertiary/aromatic N) is 1. The Balaban J connectivity index is 1.86. The Hall–Kier alpha value is -0.570. The summed E-state index contributed by atoms with van der Waals surface area (Å²) in [6.45, 7) is 7.47. The van der Waals surface area contributed by atoms with E-state index in [0.29, 0.717) is 23.8 Å². The fourth-order valence-electron chi connectivity index (χ4n) is 2.49. The third-order valence-electron chi connectivity index (χ3n) is 3.77. The molecule has 2 aliphatic heterocycles. The summed E-state index contributed by atoms with van der Waals surface area (Å²) < 4.78 is 0. The van der Waals surface area contributed by atoms with Gasteiger partial charge in [-0.15, -0.1) is 0 Å². The molecule has 0 saturated carbocycles. The van der Waals surface area contributed by atoms with Gasteiger partial charge in [0.2, 0.25) is 5.91 Å². The van der Waals surface area contributed by atoms with Crippen molar-refractivity contribution in [1.29, 1.82) is 0 Å². The zero-order chi connectivity index (χ0) is 10.8. The van der Waals surface area contributed by atoms with Gasteiger partial charge in [-0.25, -0.2) is 0 Å². The van der Waals surface area contributed by atoms with E-state index in [1.165, 1.54) is 12.8 Å². The predicted molar refractivity (Wildman–Crippen MR) is 60.5 cm³/mol. The summed E-state index contributed by atoms with van der Waals surface area (Å²) in [5, 5.41) is 3.22. The smallest absolute Gasteiger partial charge is 0.223 e. The number of carbonyl (C=O) groups excluding carboxylic acids is 1. The number of nitrogens with one attached hydrogen (secondary N) is 1. The van der Waals surface area contributed by atoms with Gasteiger partial charge in [-0.2, -0.15) is 0 Å². The summed E-state index contributed by atoms with van der Waals surface area (Å²) in [7, 11) is 0. The highest BCUT2D eigenvalue weighted by Crippen LogP contribution is 2.23. The van der Waals surface area contributed by atoms with Crippen LogP contribution in [0.4, 0.5) is 0 Å². The molecular formula is C12H22N2O. The normalized spacial score (nSPS) is 32.5. The molecule has 2 heterocycles. The first-order valence-electron chi connectivity index (χ1n) is 6.17. The van der Waals surface area contributed by atoms with Crippen LogP contribution in [-0.4, -0.2) is 36.5 Å². The lowest BCUT2D eigenvalue weighted by Crippen LogP contribution is -2.49. The van der Waals surface area contributed by atoms with Gasteiger partial charge in [-0.05, 0) is 44.7 Å². The predicted octanol–water partition coefficient (Wildman–Crippen LogP) is 1.24. The van der Waals surface area contributed by atoms with Crippen molar-refractivity contribution in [2.45, 2.75) is 39.2 Å². The molecule has 2 saturated heterocycles. The number of piperidine rings is 1. The van der Waals surface area contributed by atoms with Crippen molar-refractivity contribution in [3.63, 3.8) is 0 Å². The van der Waals surface area contributed by atoms with Crippen molar-refractivity contribution in [2.75, 3.05) is 19.6 Å². The molecule has 2 unspecified atom stereocenters. The molecule has 2 aliphatic rings. The van der Waals surface area contributed by atoms with Gasteiger partial charge in [-0.1, -0.05) is 6.92 Å². The Morgan fingerprint density at radius 2 is 2.07 bits per heavy atom. The summed E-state index contributed by atoms with van der Waals surface area (Å²) in [6.07, 6.45) is 3.20. The molecule has 0 aromatic heterocycles. The van der Waals surface area contributed by atoms with E-state index >= 15 is 0 Å². The average Bonchev–Trinajstić information content (AvgIpc) is 2.15. The van der Waals surface area contributed by atoms with Crippen LogP contribution in [0.1, 0.15) is 33.1 Å². The van der Waals surface area contributed by atoms with Crippen molar-refractivity contribution in [3.8, 4) is 0 Å². The van der Waals surface area contributed by atoms with Crippen molar-refractivity contribution in [1.82, 2.24) is 10.2 Å². The van der Waals surface area contributed by atoms with Crippen LogP contribution in [0.5, 0.6) is 0 Å². The second-order valence-corrected chi connectivity index (χ2v) is 5.31. The van der Waals surface area contributed by atoms with Crippen LogP contribution in [0, 0.1) is 11.8 Å². The highest BCUT2D eigenvalue weighted by Gasteiger charge is 2.29. The summed E-state index contributed by atoms with van der Waals surface area (Å²) in [4.78, 5) is 14.2. The molecule has 2 rings (SSSR count). The van der Waals surface area contributed by atoms with Crippen LogP contribution in [0.2, 0.25) is 0 Å². The van der Waals surface area contributed by atoms with E-state index in [1.54, 1.807) is 0 Å².